The molecule has 216 valence electrons. The highest BCUT2D eigenvalue weighted by molar-refractivity contribution is 6.39. The number of methoxy groups -OCH3 is 1. The van der Waals surface area contributed by atoms with Crippen LogP contribution in [0.25, 0.3) is 6.08 Å². The van der Waals surface area contributed by atoms with Crippen LogP contribution in [0.2, 0.25) is 0 Å². The van der Waals surface area contributed by atoms with Gasteiger partial charge in [0.15, 0.2) is 11.5 Å². The van der Waals surface area contributed by atoms with E-state index in [1.807, 2.05) is 48.5 Å². The average molecular weight is 580 g/mol. The molecule has 1 N–H and O–H groups in total. The summed E-state index contributed by atoms with van der Waals surface area (Å²) in [6, 6.07) is 26.0. The van der Waals surface area contributed by atoms with E-state index in [2.05, 4.69) is 5.32 Å². The molecule has 1 heterocycles. The van der Waals surface area contributed by atoms with Gasteiger partial charge in [-0.1, -0.05) is 48.5 Å². The van der Waals surface area contributed by atoms with Crippen LogP contribution in [0.4, 0.5) is 16.2 Å². The molecular formula is C32H25N3O8. The summed E-state index contributed by atoms with van der Waals surface area (Å²) in [7, 11) is 1.57. The van der Waals surface area contributed by atoms with Crippen LogP contribution in [0.3, 0.4) is 0 Å². The van der Waals surface area contributed by atoms with Crippen molar-refractivity contribution in [3.63, 3.8) is 0 Å². The number of non-ortho nitro benzene ring substituents is 1. The number of rotatable bonds is 10. The van der Waals surface area contributed by atoms with Crippen molar-refractivity contribution in [2.45, 2.75) is 13.2 Å². The third-order valence-electron chi connectivity index (χ3n) is 6.48. The maximum absolute atomic E-state index is 13.1. The number of carbonyl (C=O) groups is 3. The van der Waals surface area contributed by atoms with E-state index in [4.69, 9.17) is 14.2 Å². The highest BCUT2D eigenvalue weighted by Gasteiger charge is 2.37. The fraction of sp³-hybridized carbons (Fsp3) is 0.0938. The lowest BCUT2D eigenvalue weighted by Crippen LogP contribution is -2.54. The van der Waals surface area contributed by atoms with E-state index in [0.717, 1.165) is 16.0 Å². The molecule has 4 amide bonds. The van der Waals surface area contributed by atoms with E-state index in [9.17, 15) is 24.5 Å². The minimum atomic E-state index is -0.947. The zero-order valence-corrected chi connectivity index (χ0v) is 22.9. The van der Waals surface area contributed by atoms with E-state index in [-0.39, 0.29) is 23.6 Å². The number of nitrogens with one attached hydrogen (secondary N) is 1. The Morgan fingerprint density at radius 3 is 2.19 bits per heavy atom. The van der Waals surface area contributed by atoms with Crippen molar-refractivity contribution in [1.29, 1.82) is 0 Å². The molecule has 1 aliphatic heterocycles. The number of hydrogen-bond acceptors (Lipinski definition) is 8. The van der Waals surface area contributed by atoms with Gasteiger partial charge in [-0.2, -0.15) is 0 Å². The zero-order chi connectivity index (χ0) is 30.3. The van der Waals surface area contributed by atoms with E-state index in [1.165, 1.54) is 30.3 Å². The summed E-state index contributed by atoms with van der Waals surface area (Å²) in [5, 5.41) is 13.1. The zero-order valence-electron chi connectivity index (χ0n) is 22.9. The largest absolute Gasteiger partial charge is 0.493 e. The number of amides is 4. The number of nitrogens with zero attached hydrogens (tertiary/aromatic N) is 2. The van der Waals surface area contributed by atoms with Crippen molar-refractivity contribution < 1.29 is 33.5 Å². The predicted octanol–water partition coefficient (Wildman–Crippen LogP) is 5.43. The second-order valence-corrected chi connectivity index (χ2v) is 9.35. The Labute approximate surface area is 246 Å². The van der Waals surface area contributed by atoms with Gasteiger partial charge in [0.05, 0.1) is 17.7 Å². The van der Waals surface area contributed by atoms with Gasteiger partial charge in [-0.15, -0.1) is 0 Å². The second-order valence-electron chi connectivity index (χ2n) is 9.35. The topological polar surface area (TPSA) is 137 Å². The first-order valence-electron chi connectivity index (χ1n) is 13.0. The molecule has 1 fully saturated rings. The Balaban J connectivity index is 1.24. The molecular weight excluding hydrogens is 554 g/mol. The predicted molar refractivity (Wildman–Crippen MR) is 157 cm³/mol. The minimum absolute atomic E-state index is 0.0858. The average Bonchev–Trinajstić information content (AvgIpc) is 3.02. The van der Waals surface area contributed by atoms with Crippen molar-refractivity contribution in [2.24, 2.45) is 0 Å². The Hall–Kier alpha value is -5.97. The van der Waals surface area contributed by atoms with Crippen LogP contribution in [0.5, 0.6) is 17.2 Å². The third kappa shape index (κ3) is 6.68. The Bertz CT molecular complexity index is 1700. The van der Waals surface area contributed by atoms with Gasteiger partial charge in [-0.05, 0) is 59.2 Å². The highest BCUT2D eigenvalue weighted by Crippen LogP contribution is 2.30. The van der Waals surface area contributed by atoms with Crippen LogP contribution < -0.4 is 24.4 Å². The van der Waals surface area contributed by atoms with Gasteiger partial charge < -0.3 is 14.2 Å². The first-order chi connectivity index (χ1) is 20.8. The molecule has 4 aromatic carbocycles. The van der Waals surface area contributed by atoms with Gasteiger partial charge in [0.2, 0.25) is 0 Å². The van der Waals surface area contributed by atoms with E-state index in [0.29, 0.717) is 29.4 Å². The van der Waals surface area contributed by atoms with Gasteiger partial charge in [0.25, 0.3) is 17.5 Å². The van der Waals surface area contributed by atoms with Crippen LogP contribution in [0.15, 0.2) is 103 Å². The number of anilines is 1. The number of carbonyl (C=O) groups excluding carboxylic acids is 3. The molecule has 5 rings (SSSR count). The van der Waals surface area contributed by atoms with Crippen LogP contribution >= 0.6 is 0 Å². The SMILES string of the molecule is COc1cc(COc2ccc(/C=C3/C(=O)NC(=O)N(c4ccc([N+](=O)[O-])cc4)C3=O)cc2)ccc1OCc1ccccc1. The number of imide groups is 2. The van der Waals surface area contributed by atoms with Gasteiger partial charge in [0.1, 0.15) is 24.5 Å². The number of urea groups is 1. The Morgan fingerprint density at radius 1 is 0.814 bits per heavy atom. The maximum atomic E-state index is 13.1. The molecule has 1 saturated heterocycles. The number of hydrogen-bond donors (Lipinski definition) is 1. The van der Waals surface area contributed by atoms with E-state index < -0.39 is 22.8 Å². The molecule has 0 radical (unpaired) electrons. The van der Waals surface area contributed by atoms with Crippen LogP contribution in [0.1, 0.15) is 16.7 Å². The lowest BCUT2D eigenvalue weighted by atomic mass is 10.1. The van der Waals surface area contributed by atoms with Crippen molar-refractivity contribution in [1.82, 2.24) is 5.32 Å². The number of nitro benzene ring substituents is 1. The lowest BCUT2D eigenvalue weighted by Gasteiger charge is -2.26. The first-order valence-corrected chi connectivity index (χ1v) is 13.0. The molecule has 0 spiro atoms. The number of barbiturate groups is 1. The summed E-state index contributed by atoms with van der Waals surface area (Å²) >= 11 is 0. The highest BCUT2D eigenvalue weighted by atomic mass is 16.6. The van der Waals surface area contributed by atoms with Crippen LogP contribution in [0, 0.1) is 10.1 Å². The van der Waals surface area contributed by atoms with E-state index >= 15 is 0 Å². The van der Waals surface area contributed by atoms with Crippen LogP contribution in [-0.2, 0) is 22.8 Å². The second kappa shape index (κ2) is 12.7. The van der Waals surface area contributed by atoms with Crippen molar-refractivity contribution in [2.75, 3.05) is 12.0 Å². The number of nitro groups is 1. The van der Waals surface area contributed by atoms with Gasteiger partial charge in [-0.3, -0.25) is 25.0 Å². The van der Waals surface area contributed by atoms with Gasteiger partial charge >= 0.3 is 6.03 Å². The van der Waals surface area contributed by atoms with Crippen molar-refractivity contribution in [3.8, 4) is 17.2 Å². The van der Waals surface area contributed by atoms with Crippen molar-refractivity contribution in [3.05, 3.63) is 129 Å². The number of ether oxygens (including phenoxy) is 3. The number of benzene rings is 4. The normalized spacial score (nSPS) is 13.9. The Kier molecular flexibility index (Phi) is 8.43. The molecule has 0 bridgehead atoms. The molecule has 4 aromatic rings. The molecule has 0 aromatic heterocycles. The monoisotopic (exact) mass is 579 g/mol. The van der Waals surface area contributed by atoms with Gasteiger partial charge in [0, 0.05) is 12.1 Å². The minimum Gasteiger partial charge on any atom is -0.493 e. The maximum Gasteiger partial charge on any atom is 0.335 e. The lowest BCUT2D eigenvalue weighted by molar-refractivity contribution is -0.384. The van der Waals surface area contributed by atoms with Crippen LogP contribution in [-0.4, -0.2) is 29.9 Å². The Morgan fingerprint density at radius 2 is 1.51 bits per heavy atom. The summed E-state index contributed by atoms with van der Waals surface area (Å²) in [5.41, 5.74) is 2.03. The molecule has 0 aliphatic carbocycles. The molecule has 0 unspecified atom stereocenters. The quantitative estimate of drug-likeness (QED) is 0.114. The fourth-order valence-electron chi connectivity index (χ4n) is 4.27. The molecule has 11 nitrogen and oxygen atoms in total. The summed E-state index contributed by atoms with van der Waals surface area (Å²) in [5.74, 6) is 0.0395. The van der Waals surface area contributed by atoms with E-state index in [1.54, 1.807) is 31.4 Å². The van der Waals surface area contributed by atoms with Crippen molar-refractivity contribution >= 4 is 35.3 Å². The molecule has 43 heavy (non-hydrogen) atoms. The smallest absolute Gasteiger partial charge is 0.335 e. The summed E-state index contributed by atoms with van der Waals surface area (Å²) in [4.78, 5) is 49.0. The summed E-state index contributed by atoms with van der Waals surface area (Å²) in [6.45, 7) is 0.664. The molecule has 11 heteroatoms. The molecule has 1 aliphatic rings. The first kappa shape index (κ1) is 28.6. The summed E-state index contributed by atoms with van der Waals surface area (Å²) in [6.07, 6.45) is 1.35. The van der Waals surface area contributed by atoms with Gasteiger partial charge in [-0.25, -0.2) is 9.69 Å². The summed E-state index contributed by atoms with van der Waals surface area (Å²) < 4.78 is 17.3. The standard InChI is InChI=1S/C32H25N3O8/c1-41-29-18-23(9-16-28(29)43-19-22-5-3-2-4-6-22)20-42-26-14-7-21(8-15-26)17-27-30(36)33-32(38)34(31(27)37)24-10-12-25(13-11-24)35(39)40/h2-18H,19-20H2,1H3,(H,33,36,38)/b27-17-. The molecule has 0 atom stereocenters. The fourth-order valence-corrected chi connectivity index (χ4v) is 4.27. The third-order valence-corrected chi connectivity index (χ3v) is 6.48. The molecule has 0 saturated carbocycles.